The Bertz CT molecular complexity index is 3950. The summed E-state index contributed by atoms with van der Waals surface area (Å²) in [6, 6.07) is 41.4. The number of Topliss-reactive ketones (excluding diaryl/α,β-unsaturated/α-hetero) is 1. The minimum atomic E-state index is -0.816. The molecule has 3 aliphatic carbocycles. The molecule has 6 fully saturated rings. The third-order valence-electron chi connectivity index (χ3n) is 20.9. The van der Waals surface area contributed by atoms with Gasteiger partial charge in [0.15, 0.2) is 17.3 Å². The van der Waals surface area contributed by atoms with Gasteiger partial charge in [0.1, 0.15) is 16.9 Å². The fraction of sp³-hybridized carbons (Fsp3) is 0.543. The second kappa shape index (κ2) is 31.3. The molecule has 18 heteroatoms. The zero-order valence-electron chi connectivity index (χ0n) is 60.6. The number of hydrogen-bond acceptors (Lipinski definition) is 15. The lowest BCUT2D eigenvalue weighted by molar-refractivity contribution is -0.0440. The van der Waals surface area contributed by atoms with Gasteiger partial charge in [0.2, 0.25) is 11.5 Å². The number of benzene rings is 4. The second-order valence-electron chi connectivity index (χ2n) is 30.9. The molecule has 11 atom stereocenters. The van der Waals surface area contributed by atoms with Crippen molar-refractivity contribution in [1.82, 2.24) is 40.3 Å². The van der Waals surface area contributed by atoms with Crippen LogP contribution in [0.1, 0.15) is 217 Å². The van der Waals surface area contributed by atoms with E-state index >= 15 is 0 Å². The SMILES string of the molecule is CC(=O)c1ccc2ccccc2n1.CC(C)(C)OC(=O)N1[C@H](CN)C[C@@H]2CCCC[C@@H]21.CC(NC[C@@H]1C[C@@H]2CCCC[C@@H]2N1C(=O)OC(C)(C)C)c1ccc2ccccc2n1.COc1cc(C(=O)N(C[C@@H]2C[C@@H]3CCCC[C@@H]3N2)C(C)c2ccc3ccccc3n2)cc2c1OC(C)(C)O2. The molecular weight excluding hydrogens is 1240 g/mol. The third kappa shape index (κ3) is 17.8. The van der Waals surface area contributed by atoms with Gasteiger partial charge in [0, 0.05) is 104 Å². The molecule has 4 aromatic carbocycles. The van der Waals surface area contributed by atoms with Gasteiger partial charge in [-0.1, -0.05) is 111 Å². The molecule has 18 nitrogen and oxygen atoms in total. The van der Waals surface area contributed by atoms with Crippen molar-refractivity contribution in [2.24, 2.45) is 23.5 Å². The Kier molecular flexibility index (Phi) is 22.9. The van der Waals surface area contributed by atoms with Crippen LogP contribution in [0.15, 0.2) is 121 Å². The van der Waals surface area contributed by atoms with E-state index in [9.17, 15) is 19.2 Å². The van der Waals surface area contributed by atoms with E-state index in [0.29, 0.717) is 77.5 Å². The number of nitrogens with two attached hydrogens (primary N) is 1. The lowest BCUT2D eigenvalue weighted by Gasteiger charge is -2.35. The molecule has 7 aliphatic rings. The van der Waals surface area contributed by atoms with Gasteiger partial charge < -0.3 is 54.8 Å². The second-order valence-corrected chi connectivity index (χ2v) is 30.9. The summed E-state index contributed by atoms with van der Waals surface area (Å²) < 4.78 is 28.9. The van der Waals surface area contributed by atoms with E-state index in [0.717, 1.165) is 82.7 Å². The minimum Gasteiger partial charge on any atom is -0.493 e. The first-order chi connectivity index (χ1) is 47.3. The van der Waals surface area contributed by atoms with Gasteiger partial charge in [-0.15, -0.1) is 0 Å². The summed E-state index contributed by atoms with van der Waals surface area (Å²) in [5, 5.41) is 10.8. The summed E-state index contributed by atoms with van der Waals surface area (Å²) in [6.07, 6.45) is 17.7. The number of fused-ring (bicyclic) bond motifs is 7. The number of aromatic nitrogens is 3. The maximum atomic E-state index is 14.3. The summed E-state index contributed by atoms with van der Waals surface area (Å²) in [7, 11) is 1.59. The Balaban J connectivity index is 0.000000144. The van der Waals surface area contributed by atoms with Gasteiger partial charge in [-0.05, 0) is 179 Å². The lowest BCUT2D eigenvalue weighted by atomic mass is 9.85. The van der Waals surface area contributed by atoms with Crippen LogP contribution in [-0.4, -0.2) is 134 Å². The average molecular weight is 1350 g/mol. The Hall–Kier alpha value is -7.93. The van der Waals surface area contributed by atoms with Gasteiger partial charge in [-0.25, -0.2) is 14.6 Å². The third-order valence-corrected chi connectivity index (χ3v) is 20.9. The van der Waals surface area contributed by atoms with Crippen molar-refractivity contribution in [3.8, 4) is 17.2 Å². The number of amides is 3. The lowest BCUT2D eigenvalue weighted by Crippen LogP contribution is -2.48. The van der Waals surface area contributed by atoms with Crippen LogP contribution in [0.3, 0.4) is 0 Å². The molecule has 4 aliphatic heterocycles. The number of pyridine rings is 3. The van der Waals surface area contributed by atoms with Crippen molar-refractivity contribution < 1.29 is 42.9 Å². The smallest absolute Gasteiger partial charge is 0.410 e. The highest BCUT2D eigenvalue weighted by Gasteiger charge is 2.48. The summed E-state index contributed by atoms with van der Waals surface area (Å²) in [5.41, 5.74) is 10.7. The first kappa shape index (κ1) is 72.3. The van der Waals surface area contributed by atoms with Crippen LogP contribution in [-0.2, 0) is 9.47 Å². The quantitative estimate of drug-likeness (QED) is 0.0971. The van der Waals surface area contributed by atoms with E-state index in [4.69, 9.17) is 39.4 Å². The monoisotopic (exact) mass is 1350 g/mol. The topological polar surface area (TPSA) is 213 Å². The number of rotatable bonds is 12. The van der Waals surface area contributed by atoms with Crippen LogP contribution in [0.2, 0.25) is 0 Å². The molecule has 2 unspecified atom stereocenters. The zero-order valence-corrected chi connectivity index (χ0v) is 60.6. The number of methoxy groups -OCH3 is 1. The summed E-state index contributed by atoms with van der Waals surface area (Å²) in [5.74, 6) is 2.62. The van der Waals surface area contributed by atoms with Gasteiger partial charge in [0.05, 0.1) is 41.1 Å². The van der Waals surface area contributed by atoms with Crippen LogP contribution >= 0.6 is 0 Å². The van der Waals surface area contributed by atoms with Gasteiger partial charge >= 0.3 is 12.2 Å². The maximum Gasteiger partial charge on any atom is 0.410 e. The molecular formula is C81H107N9O9. The van der Waals surface area contributed by atoms with E-state index in [-0.39, 0.29) is 54.1 Å². The maximum absolute atomic E-state index is 14.3. The predicted octanol–water partition coefficient (Wildman–Crippen LogP) is 16.3. The zero-order chi connectivity index (χ0) is 70.3. The highest BCUT2D eigenvalue weighted by Crippen LogP contribution is 2.48. The molecule has 7 aromatic rings. The van der Waals surface area contributed by atoms with Crippen LogP contribution in [0.5, 0.6) is 17.2 Å². The van der Waals surface area contributed by atoms with E-state index in [1.54, 1.807) is 25.3 Å². The van der Waals surface area contributed by atoms with Crippen molar-refractivity contribution >= 4 is 56.6 Å². The van der Waals surface area contributed by atoms with Crippen molar-refractivity contribution in [2.45, 2.75) is 238 Å². The number of carbonyl (C=O) groups is 4. The molecule has 3 saturated heterocycles. The summed E-state index contributed by atoms with van der Waals surface area (Å²) in [4.78, 5) is 70.6. The van der Waals surface area contributed by atoms with Gasteiger partial charge in [-0.3, -0.25) is 19.6 Å². The van der Waals surface area contributed by atoms with E-state index in [1.807, 2.05) is 132 Å². The van der Waals surface area contributed by atoms with Gasteiger partial charge in [0.25, 0.3) is 5.91 Å². The largest absolute Gasteiger partial charge is 0.493 e. The van der Waals surface area contributed by atoms with Crippen LogP contribution < -0.4 is 30.6 Å². The van der Waals surface area contributed by atoms with Crippen molar-refractivity contribution in [2.75, 3.05) is 26.7 Å². The minimum absolute atomic E-state index is 0.00533. The molecule has 3 amide bonds. The molecule has 3 saturated carbocycles. The Labute approximate surface area is 586 Å². The Morgan fingerprint density at radius 1 is 0.636 bits per heavy atom. The number of nitrogens with zero attached hydrogens (tertiary/aromatic N) is 6. The van der Waals surface area contributed by atoms with Crippen LogP contribution in [0.25, 0.3) is 32.7 Å². The number of likely N-dealkylation sites (tertiary alicyclic amines) is 2. The van der Waals surface area contributed by atoms with Crippen LogP contribution in [0, 0.1) is 17.8 Å². The Morgan fingerprint density at radius 2 is 1.14 bits per heavy atom. The molecule has 99 heavy (non-hydrogen) atoms. The highest BCUT2D eigenvalue weighted by molar-refractivity contribution is 5.96. The van der Waals surface area contributed by atoms with Crippen molar-refractivity contribution in [1.29, 1.82) is 0 Å². The highest BCUT2D eigenvalue weighted by atomic mass is 16.7. The number of hydrogen-bond donors (Lipinski definition) is 3. The number of ketones is 1. The first-order valence-corrected chi connectivity index (χ1v) is 36.5. The molecule has 0 spiro atoms. The summed E-state index contributed by atoms with van der Waals surface area (Å²) in [6.45, 7) is 22.9. The molecule has 14 rings (SSSR count). The van der Waals surface area contributed by atoms with E-state index in [1.165, 1.54) is 71.1 Å². The van der Waals surface area contributed by atoms with E-state index < -0.39 is 17.0 Å². The van der Waals surface area contributed by atoms with Gasteiger partial charge in [-0.2, -0.15) is 0 Å². The molecule has 0 bridgehead atoms. The molecule has 530 valence electrons. The average Bonchev–Trinajstić information content (AvgIpc) is 1.71. The normalized spacial score (nSPS) is 24.1. The number of carbonyl (C=O) groups excluding carboxylic acids is 4. The molecule has 7 heterocycles. The molecule has 4 N–H and O–H groups in total. The fourth-order valence-electron chi connectivity index (χ4n) is 16.1. The molecule has 3 aromatic heterocycles. The Morgan fingerprint density at radius 3 is 1.70 bits per heavy atom. The number of para-hydroxylation sites is 3. The number of ether oxygens (including phenoxy) is 5. The van der Waals surface area contributed by atoms with E-state index in [2.05, 4.69) is 70.8 Å². The fourth-order valence-corrected chi connectivity index (χ4v) is 16.1. The standard InChI is InChI=1S/C31H37N3O4.C25H35N3O2.C14H26N2O2.C11H9NO/c1-19(24-14-13-20-9-5-7-11-25(20)33-24)34(18-23-15-21-10-6-8-12-26(21)32-23)30(35)22-16-27(36-4)29-28(17-22)37-31(2,3)38-29;1-17(21-14-13-18-9-5-7-11-22(18)27-21)26-16-20-15-19-10-6-8-12-23(19)28(20)24(29)30-25(2,3)4;1-14(2,3)18-13(17)16-11(9-15)8-10-6-4-5-7-12(10)16;1-8(13)10-7-6-9-4-2-3-5-11(9)12-10/h5,7,9,11,13-14,16-17,19,21,23,26,32H,6,8,10,12,15,18H2,1-4H3;5,7,9,11,13-14,17,19-20,23,26H,6,8,10,12,15-16H2,1-4H3;10-12H,4-9,15H2,1-3H3;2-7H,1H3/t19?,21-,23-,26-;17?,19-,20-,23-;10-,11-,12-;/m000./s1. The first-order valence-electron chi connectivity index (χ1n) is 36.5. The van der Waals surface area contributed by atoms with Crippen LogP contribution in [0.4, 0.5) is 9.59 Å². The van der Waals surface area contributed by atoms with Crippen molar-refractivity contribution in [3.63, 3.8) is 0 Å². The predicted molar refractivity (Wildman–Crippen MR) is 390 cm³/mol. The molecule has 0 radical (unpaired) electrons. The number of nitrogens with one attached hydrogen (secondary N) is 2. The summed E-state index contributed by atoms with van der Waals surface area (Å²) >= 11 is 0. The van der Waals surface area contributed by atoms with Crippen molar-refractivity contribution in [3.05, 3.63) is 144 Å².